The van der Waals surface area contributed by atoms with Crippen LogP contribution in [-0.2, 0) is 4.79 Å². The number of hydrogen-bond donors (Lipinski definition) is 3. The van der Waals surface area contributed by atoms with Crippen molar-refractivity contribution in [2.24, 2.45) is 10.7 Å². The number of nitrogens with one attached hydrogen (secondary N) is 2. The summed E-state index contributed by atoms with van der Waals surface area (Å²) in [5.74, 6) is 1.86. The Hall–Kier alpha value is -2.49. The van der Waals surface area contributed by atoms with Crippen molar-refractivity contribution in [3.05, 3.63) is 54.1 Å². The number of amides is 1. The van der Waals surface area contributed by atoms with E-state index in [0.717, 1.165) is 22.7 Å². The summed E-state index contributed by atoms with van der Waals surface area (Å²) < 4.78 is 10.6. The molecule has 2 rings (SSSR count). The van der Waals surface area contributed by atoms with Crippen LogP contribution >= 0.6 is 24.0 Å². The summed E-state index contributed by atoms with van der Waals surface area (Å²) in [5.41, 5.74) is 7.72. The maximum atomic E-state index is 12.2. The zero-order chi connectivity index (χ0) is 21.1. The molecular weight excluding hydrogens is 495 g/mol. The minimum Gasteiger partial charge on any atom is -0.497 e. The molecule has 0 bridgehead atoms. The number of halogens is 1. The van der Waals surface area contributed by atoms with E-state index in [-0.39, 0.29) is 35.9 Å². The summed E-state index contributed by atoms with van der Waals surface area (Å²) in [6.45, 7) is 5.01. The fourth-order valence-electron chi connectivity index (χ4n) is 2.74. The van der Waals surface area contributed by atoms with Gasteiger partial charge < -0.3 is 25.8 Å². The van der Waals surface area contributed by atoms with Crippen molar-refractivity contribution in [3.63, 3.8) is 0 Å². The molecule has 0 aliphatic rings. The summed E-state index contributed by atoms with van der Waals surface area (Å²) in [6.07, 6.45) is 1.000. The second-order valence-electron chi connectivity index (χ2n) is 6.52. The lowest BCUT2D eigenvalue weighted by Gasteiger charge is -2.15. The van der Waals surface area contributed by atoms with Crippen LogP contribution < -0.4 is 25.8 Å². The lowest BCUT2D eigenvalue weighted by Crippen LogP contribution is -2.26. The normalized spacial score (nSPS) is 11.8. The summed E-state index contributed by atoms with van der Waals surface area (Å²) in [7, 11) is 1.61. The molecule has 0 aromatic heterocycles. The van der Waals surface area contributed by atoms with Crippen LogP contribution in [0.15, 0.2) is 53.5 Å². The van der Waals surface area contributed by atoms with Gasteiger partial charge in [0.2, 0.25) is 5.91 Å². The van der Waals surface area contributed by atoms with Crippen molar-refractivity contribution in [2.45, 2.75) is 32.7 Å². The van der Waals surface area contributed by atoms with Gasteiger partial charge >= 0.3 is 0 Å². The van der Waals surface area contributed by atoms with Gasteiger partial charge in [-0.3, -0.25) is 9.79 Å². The van der Waals surface area contributed by atoms with Crippen molar-refractivity contribution in [1.82, 2.24) is 5.32 Å². The average Bonchev–Trinajstić information content (AvgIpc) is 2.72. The summed E-state index contributed by atoms with van der Waals surface area (Å²) in [6, 6.07) is 15.1. The number of aliphatic imine (C=N–C) groups is 1. The first-order valence-corrected chi connectivity index (χ1v) is 9.75. The van der Waals surface area contributed by atoms with E-state index < -0.39 is 0 Å². The molecule has 2 aromatic rings. The van der Waals surface area contributed by atoms with Gasteiger partial charge in [0, 0.05) is 24.7 Å². The molecule has 1 atom stereocenters. The molecule has 4 N–H and O–H groups in total. The van der Waals surface area contributed by atoms with Gasteiger partial charge in [0.05, 0.1) is 19.8 Å². The summed E-state index contributed by atoms with van der Waals surface area (Å²) >= 11 is 0. The number of nitrogens with two attached hydrogens (primary N) is 1. The molecule has 0 aliphatic carbocycles. The molecule has 2 aromatic carbocycles. The van der Waals surface area contributed by atoms with Gasteiger partial charge in [0.25, 0.3) is 0 Å². The molecule has 1 amide bonds. The minimum absolute atomic E-state index is 0. The summed E-state index contributed by atoms with van der Waals surface area (Å²) in [5, 5.41) is 6.01. The molecule has 0 radical (unpaired) electrons. The molecule has 0 aliphatic heterocycles. The number of carbonyl (C=O) groups excluding carboxylic acids is 1. The predicted octanol–water partition coefficient (Wildman–Crippen LogP) is 4.10. The predicted molar refractivity (Wildman–Crippen MR) is 132 cm³/mol. The van der Waals surface area contributed by atoms with E-state index in [0.29, 0.717) is 32.0 Å². The van der Waals surface area contributed by atoms with E-state index in [9.17, 15) is 4.79 Å². The number of ether oxygens (including phenoxy) is 2. The Kier molecular flexibility index (Phi) is 11.7. The van der Waals surface area contributed by atoms with Crippen molar-refractivity contribution in [1.29, 1.82) is 0 Å². The molecule has 30 heavy (non-hydrogen) atoms. The molecule has 1 unspecified atom stereocenters. The standard InChI is InChI=1S/C22H30N4O3.HI/c1-4-29-19-12-10-17(11-13-19)16(2)25-21(27)9-6-14-24-22(23)26-18-7-5-8-20(15-18)28-3;/h5,7-8,10-13,15-16H,4,6,9,14H2,1-3H3,(H,25,27)(H3,23,24,26);1H. The number of rotatable bonds is 10. The number of anilines is 1. The second kappa shape index (κ2) is 13.7. The molecule has 164 valence electrons. The van der Waals surface area contributed by atoms with Crippen LogP contribution in [0.2, 0.25) is 0 Å². The third-order valence-corrected chi connectivity index (χ3v) is 4.25. The zero-order valence-electron chi connectivity index (χ0n) is 17.7. The van der Waals surface area contributed by atoms with E-state index in [1.165, 1.54) is 0 Å². The van der Waals surface area contributed by atoms with Gasteiger partial charge in [-0.25, -0.2) is 0 Å². The van der Waals surface area contributed by atoms with Gasteiger partial charge in [-0.15, -0.1) is 24.0 Å². The van der Waals surface area contributed by atoms with Gasteiger partial charge in [0.1, 0.15) is 11.5 Å². The SMILES string of the molecule is CCOc1ccc(C(C)NC(=O)CCCN=C(N)Nc2cccc(OC)c2)cc1.I. The van der Waals surface area contributed by atoms with Crippen molar-refractivity contribution >= 4 is 41.5 Å². The average molecular weight is 526 g/mol. The van der Waals surface area contributed by atoms with E-state index in [4.69, 9.17) is 15.2 Å². The lowest BCUT2D eigenvalue weighted by molar-refractivity contribution is -0.121. The molecule has 0 saturated heterocycles. The van der Waals surface area contributed by atoms with E-state index in [1.807, 2.05) is 62.4 Å². The molecule has 7 nitrogen and oxygen atoms in total. The first kappa shape index (κ1) is 25.5. The third kappa shape index (κ3) is 8.89. The number of methoxy groups -OCH3 is 1. The first-order valence-electron chi connectivity index (χ1n) is 9.75. The highest BCUT2D eigenvalue weighted by molar-refractivity contribution is 14.0. The van der Waals surface area contributed by atoms with Crippen molar-refractivity contribution in [3.8, 4) is 11.5 Å². The summed E-state index contributed by atoms with van der Waals surface area (Å²) in [4.78, 5) is 16.4. The maximum Gasteiger partial charge on any atom is 0.220 e. The minimum atomic E-state index is -0.0681. The maximum absolute atomic E-state index is 12.2. The van der Waals surface area contributed by atoms with Gasteiger partial charge in [0.15, 0.2) is 5.96 Å². The van der Waals surface area contributed by atoms with E-state index >= 15 is 0 Å². The molecule has 0 fully saturated rings. The number of hydrogen-bond acceptors (Lipinski definition) is 4. The molecule has 0 heterocycles. The van der Waals surface area contributed by atoms with Crippen LogP contribution in [0.1, 0.15) is 38.3 Å². The number of guanidine groups is 1. The second-order valence-corrected chi connectivity index (χ2v) is 6.52. The fraction of sp³-hybridized carbons (Fsp3) is 0.364. The number of carbonyl (C=O) groups is 1. The molecule has 0 saturated carbocycles. The topological polar surface area (TPSA) is 98.0 Å². The van der Waals surface area contributed by atoms with Crippen LogP contribution in [0.25, 0.3) is 0 Å². The highest BCUT2D eigenvalue weighted by Crippen LogP contribution is 2.18. The Morgan fingerprint density at radius 2 is 1.90 bits per heavy atom. The van der Waals surface area contributed by atoms with Crippen LogP contribution in [0.5, 0.6) is 11.5 Å². The quantitative estimate of drug-likeness (QED) is 0.188. The smallest absolute Gasteiger partial charge is 0.220 e. The van der Waals surface area contributed by atoms with Gasteiger partial charge in [-0.1, -0.05) is 18.2 Å². The molecule has 8 heteroatoms. The Labute approximate surface area is 195 Å². The fourth-order valence-corrected chi connectivity index (χ4v) is 2.74. The zero-order valence-corrected chi connectivity index (χ0v) is 20.0. The van der Waals surface area contributed by atoms with Gasteiger partial charge in [-0.2, -0.15) is 0 Å². The van der Waals surface area contributed by atoms with Crippen LogP contribution in [0, 0.1) is 0 Å². The van der Waals surface area contributed by atoms with Gasteiger partial charge in [-0.05, 0) is 50.1 Å². The lowest BCUT2D eigenvalue weighted by atomic mass is 10.1. The Morgan fingerprint density at radius 3 is 2.57 bits per heavy atom. The monoisotopic (exact) mass is 526 g/mol. The molecule has 0 spiro atoms. The Bertz CT molecular complexity index is 812. The Morgan fingerprint density at radius 1 is 1.17 bits per heavy atom. The Balaban J connectivity index is 0.00000450. The molecular formula is C22H31IN4O3. The van der Waals surface area contributed by atoms with E-state index in [2.05, 4.69) is 15.6 Å². The largest absolute Gasteiger partial charge is 0.497 e. The number of nitrogens with zero attached hydrogens (tertiary/aromatic N) is 1. The van der Waals surface area contributed by atoms with E-state index in [1.54, 1.807) is 7.11 Å². The van der Waals surface area contributed by atoms with Crippen LogP contribution in [0.4, 0.5) is 5.69 Å². The first-order chi connectivity index (χ1) is 14.0. The van der Waals surface area contributed by atoms with Crippen molar-refractivity contribution < 1.29 is 14.3 Å². The highest BCUT2D eigenvalue weighted by Gasteiger charge is 2.09. The highest BCUT2D eigenvalue weighted by atomic mass is 127. The van der Waals surface area contributed by atoms with Crippen LogP contribution in [0.3, 0.4) is 0 Å². The number of benzene rings is 2. The third-order valence-electron chi connectivity index (χ3n) is 4.25. The van der Waals surface area contributed by atoms with Crippen LogP contribution in [-0.4, -0.2) is 32.1 Å². The van der Waals surface area contributed by atoms with Crippen molar-refractivity contribution in [2.75, 3.05) is 25.6 Å².